The van der Waals surface area contributed by atoms with Crippen molar-refractivity contribution in [2.45, 2.75) is 6.61 Å². The highest BCUT2D eigenvalue weighted by Gasteiger charge is 2.04. The Morgan fingerprint density at radius 3 is 3.00 bits per heavy atom. The lowest BCUT2D eigenvalue weighted by molar-refractivity contribution is -0.129. The van der Waals surface area contributed by atoms with Gasteiger partial charge in [-0.3, -0.25) is 4.79 Å². The monoisotopic (exact) mass is 232 g/mol. The highest BCUT2D eigenvalue weighted by atomic mass is 79.9. The van der Waals surface area contributed by atoms with Crippen LogP contribution in [0.3, 0.4) is 0 Å². The molecule has 1 aromatic carbocycles. The Morgan fingerprint density at radius 1 is 1.58 bits per heavy atom. The van der Waals surface area contributed by atoms with Gasteiger partial charge in [-0.05, 0) is 22.0 Å². The minimum atomic E-state index is -0.359. The summed E-state index contributed by atoms with van der Waals surface area (Å²) in [6.45, 7) is 0.416. The largest absolute Gasteiger partial charge is 0.463 e. The molecule has 1 rings (SSSR count). The van der Waals surface area contributed by atoms with Crippen molar-refractivity contribution in [1.29, 1.82) is 0 Å². The lowest BCUT2D eigenvalue weighted by Crippen LogP contribution is -1.92. The van der Waals surface area contributed by atoms with Crippen molar-refractivity contribution < 1.29 is 13.9 Å². The van der Waals surface area contributed by atoms with Crippen molar-refractivity contribution in [3.63, 3.8) is 0 Å². The van der Waals surface area contributed by atoms with Crippen LogP contribution >= 0.6 is 15.9 Å². The fourth-order valence-electron chi connectivity index (χ4n) is 0.784. The molecule has 2 nitrogen and oxygen atoms in total. The van der Waals surface area contributed by atoms with E-state index in [0.717, 1.165) is 0 Å². The van der Waals surface area contributed by atoms with Gasteiger partial charge in [-0.15, -0.1) is 0 Å². The summed E-state index contributed by atoms with van der Waals surface area (Å²) in [6, 6.07) is 4.56. The molecule has 0 unspecified atom stereocenters. The van der Waals surface area contributed by atoms with Crippen LogP contribution in [0.1, 0.15) is 5.56 Å². The average Bonchev–Trinajstić information content (AvgIpc) is 2.08. The number of carbonyl (C=O) groups is 1. The molecule has 1 aromatic rings. The third kappa shape index (κ3) is 2.04. The van der Waals surface area contributed by atoms with E-state index >= 15 is 0 Å². The van der Waals surface area contributed by atoms with Crippen LogP contribution in [0.15, 0.2) is 22.7 Å². The number of benzene rings is 1. The molecule has 0 saturated heterocycles. The van der Waals surface area contributed by atoms with Gasteiger partial charge in [0.25, 0.3) is 6.47 Å². The molecular formula is C8H6BrFO2. The molecule has 0 aliphatic rings. The van der Waals surface area contributed by atoms with Crippen molar-refractivity contribution in [2.75, 3.05) is 0 Å². The van der Waals surface area contributed by atoms with Crippen molar-refractivity contribution >= 4 is 22.4 Å². The van der Waals surface area contributed by atoms with Crippen LogP contribution in [0.4, 0.5) is 4.39 Å². The van der Waals surface area contributed by atoms with Crippen LogP contribution < -0.4 is 0 Å². The van der Waals surface area contributed by atoms with Crippen LogP contribution in [0, 0.1) is 5.82 Å². The van der Waals surface area contributed by atoms with Crippen LogP contribution in [0.25, 0.3) is 0 Å². The molecule has 0 radical (unpaired) electrons. The molecule has 0 saturated carbocycles. The Labute approximate surface area is 77.5 Å². The number of rotatable bonds is 3. The number of carbonyl (C=O) groups excluding carboxylic acids is 1. The minimum absolute atomic E-state index is 0.0852. The molecule has 0 aromatic heterocycles. The Kier molecular flexibility index (Phi) is 3.22. The maximum Gasteiger partial charge on any atom is 0.293 e. The van der Waals surface area contributed by atoms with Crippen molar-refractivity contribution in [3.8, 4) is 0 Å². The lowest BCUT2D eigenvalue weighted by atomic mass is 10.2. The second-order valence-electron chi connectivity index (χ2n) is 2.12. The van der Waals surface area contributed by atoms with Gasteiger partial charge in [0.15, 0.2) is 0 Å². The van der Waals surface area contributed by atoms with E-state index in [1.165, 1.54) is 6.07 Å². The van der Waals surface area contributed by atoms with Crippen molar-refractivity contribution in [1.82, 2.24) is 0 Å². The first-order chi connectivity index (χ1) is 5.75. The average molecular weight is 233 g/mol. The zero-order valence-electron chi connectivity index (χ0n) is 6.09. The summed E-state index contributed by atoms with van der Waals surface area (Å²) >= 11 is 3.04. The highest BCUT2D eigenvalue weighted by molar-refractivity contribution is 9.10. The molecular weight excluding hydrogens is 227 g/mol. The SMILES string of the molecule is O=COCc1cccc(F)c1Br. The van der Waals surface area contributed by atoms with Crippen LogP contribution in [-0.4, -0.2) is 6.47 Å². The molecule has 0 bridgehead atoms. The molecule has 0 amide bonds. The Bertz CT molecular complexity index is 288. The molecule has 0 atom stereocenters. The summed E-state index contributed by atoms with van der Waals surface area (Å²) in [4.78, 5) is 9.84. The Morgan fingerprint density at radius 2 is 2.33 bits per heavy atom. The van der Waals surface area contributed by atoms with E-state index in [1.807, 2.05) is 0 Å². The van der Waals surface area contributed by atoms with Gasteiger partial charge in [-0.2, -0.15) is 0 Å². The topological polar surface area (TPSA) is 26.3 Å². The standard InChI is InChI=1S/C8H6BrFO2/c9-8-6(4-12-5-11)2-1-3-7(8)10/h1-3,5H,4H2. The number of ether oxygens (including phenoxy) is 1. The fourth-order valence-corrected chi connectivity index (χ4v) is 1.16. The van der Waals surface area contributed by atoms with E-state index in [-0.39, 0.29) is 12.4 Å². The molecule has 0 fully saturated rings. The van der Waals surface area contributed by atoms with Gasteiger partial charge in [0.05, 0.1) is 4.47 Å². The predicted octanol–water partition coefficient (Wildman–Crippen LogP) is 2.26. The number of halogens is 2. The van der Waals surface area contributed by atoms with Crippen molar-refractivity contribution in [3.05, 3.63) is 34.1 Å². The third-order valence-electron chi connectivity index (χ3n) is 1.34. The normalized spacial score (nSPS) is 9.50. The summed E-state index contributed by atoms with van der Waals surface area (Å²) in [5, 5.41) is 0. The highest BCUT2D eigenvalue weighted by Crippen LogP contribution is 2.20. The van der Waals surface area contributed by atoms with E-state index in [4.69, 9.17) is 0 Å². The molecule has 4 heteroatoms. The van der Waals surface area contributed by atoms with E-state index in [9.17, 15) is 9.18 Å². The van der Waals surface area contributed by atoms with Gasteiger partial charge >= 0.3 is 0 Å². The first-order valence-electron chi connectivity index (χ1n) is 3.24. The molecule has 0 spiro atoms. The minimum Gasteiger partial charge on any atom is -0.463 e. The molecule has 12 heavy (non-hydrogen) atoms. The quantitative estimate of drug-likeness (QED) is 0.748. The second-order valence-corrected chi connectivity index (χ2v) is 2.91. The summed E-state index contributed by atoms with van der Waals surface area (Å²) in [7, 11) is 0. The zero-order chi connectivity index (χ0) is 8.97. The molecule has 64 valence electrons. The van der Waals surface area contributed by atoms with Gasteiger partial charge in [0, 0.05) is 5.56 Å². The lowest BCUT2D eigenvalue weighted by Gasteiger charge is -2.02. The summed E-state index contributed by atoms with van der Waals surface area (Å²) in [5.74, 6) is -0.359. The van der Waals surface area contributed by atoms with Gasteiger partial charge in [-0.1, -0.05) is 12.1 Å². The predicted molar refractivity (Wildman–Crippen MR) is 45.0 cm³/mol. The molecule has 0 N–H and O–H groups in total. The van der Waals surface area contributed by atoms with Gasteiger partial charge in [0.2, 0.25) is 0 Å². The molecule has 0 heterocycles. The maximum atomic E-state index is 12.8. The van der Waals surface area contributed by atoms with Gasteiger partial charge < -0.3 is 4.74 Å². The summed E-state index contributed by atoms with van der Waals surface area (Å²) in [5.41, 5.74) is 0.613. The zero-order valence-corrected chi connectivity index (χ0v) is 7.67. The smallest absolute Gasteiger partial charge is 0.293 e. The number of hydrogen-bond donors (Lipinski definition) is 0. The maximum absolute atomic E-state index is 12.8. The van der Waals surface area contributed by atoms with E-state index < -0.39 is 0 Å². The first-order valence-corrected chi connectivity index (χ1v) is 4.03. The Balaban J connectivity index is 2.84. The van der Waals surface area contributed by atoms with Gasteiger partial charge in [-0.25, -0.2) is 4.39 Å². The van der Waals surface area contributed by atoms with E-state index in [2.05, 4.69) is 20.7 Å². The van der Waals surface area contributed by atoms with Crippen LogP contribution in [-0.2, 0) is 16.1 Å². The third-order valence-corrected chi connectivity index (χ3v) is 2.23. The van der Waals surface area contributed by atoms with E-state index in [1.54, 1.807) is 12.1 Å². The van der Waals surface area contributed by atoms with Crippen LogP contribution in [0.5, 0.6) is 0 Å². The fraction of sp³-hybridized carbons (Fsp3) is 0.125. The van der Waals surface area contributed by atoms with Gasteiger partial charge in [0.1, 0.15) is 12.4 Å². The first kappa shape index (κ1) is 9.19. The van der Waals surface area contributed by atoms with E-state index in [0.29, 0.717) is 16.5 Å². The van der Waals surface area contributed by atoms with Crippen molar-refractivity contribution in [2.24, 2.45) is 0 Å². The summed E-state index contributed by atoms with van der Waals surface area (Å²) in [6.07, 6.45) is 0. The Hall–Kier alpha value is -0.900. The summed E-state index contributed by atoms with van der Waals surface area (Å²) < 4.78 is 17.6. The molecule has 0 aliphatic heterocycles. The van der Waals surface area contributed by atoms with Crippen LogP contribution in [0.2, 0.25) is 0 Å². The molecule has 0 aliphatic carbocycles. The second kappa shape index (κ2) is 4.21. The number of hydrogen-bond acceptors (Lipinski definition) is 2.